The Kier molecular flexibility index (Phi) is 3.25. The average Bonchev–Trinajstić information content (AvgIpc) is 2.89. The van der Waals surface area contributed by atoms with Crippen LogP contribution in [-0.2, 0) is 0 Å². The Morgan fingerprint density at radius 3 is 2.53 bits per heavy atom. The van der Waals surface area contributed by atoms with Crippen LogP contribution in [0.25, 0.3) is 20.8 Å². The third-order valence-electron chi connectivity index (χ3n) is 2.96. The number of aryl methyl sites for hydroxylation is 1. The minimum absolute atomic E-state index is 0.677. The number of rotatable bonds is 1. The fraction of sp³-hybridized carbons (Fsp3) is 0.0667. The molecule has 0 radical (unpaired) electrons. The van der Waals surface area contributed by atoms with Crippen molar-refractivity contribution in [1.82, 2.24) is 4.98 Å². The van der Waals surface area contributed by atoms with Gasteiger partial charge in [-0.15, -0.1) is 11.3 Å². The molecule has 0 saturated carbocycles. The standard InChI is InChI=1S/C15H9IN2S/c1-9-2-7-12(16)14-13(9)18-15(19-14)11-5-3-10(8-17)4-6-11/h2-7H,1H3. The molecule has 0 aliphatic rings. The van der Waals surface area contributed by atoms with Gasteiger partial charge in [0.15, 0.2) is 0 Å². The van der Waals surface area contributed by atoms with Crippen molar-refractivity contribution in [2.75, 3.05) is 0 Å². The summed E-state index contributed by atoms with van der Waals surface area (Å²) in [4.78, 5) is 4.73. The van der Waals surface area contributed by atoms with E-state index in [0.29, 0.717) is 5.56 Å². The Morgan fingerprint density at radius 1 is 1.16 bits per heavy atom. The highest BCUT2D eigenvalue weighted by molar-refractivity contribution is 14.1. The summed E-state index contributed by atoms with van der Waals surface area (Å²) in [5.41, 5.74) is 4.02. The minimum Gasteiger partial charge on any atom is -0.236 e. The molecule has 2 nitrogen and oxygen atoms in total. The van der Waals surface area contributed by atoms with E-state index in [1.165, 1.54) is 13.8 Å². The van der Waals surface area contributed by atoms with Gasteiger partial charge in [-0.05, 0) is 53.3 Å². The van der Waals surface area contributed by atoms with Crippen LogP contribution in [0.2, 0.25) is 0 Å². The fourth-order valence-corrected chi connectivity index (χ4v) is 3.73. The van der Waals surface area contributed by atoms with Crippen LogP contribution in [0.4, 0.5) is 0 Å². The molecule has 19 heavy (non-hydrogen) atoms. The van der Waals surface area contributed by atoms with E-state index < -0.39 is 0 Å². The van der Waals surface area contributed by atoms with E-state index in [-0.39, 0.29) is 0 Å². The lowest BCUT2D eigenvalue weighted by Gasteiger charge is -1.95. The van der Waals surface area contributed by atoms with Crippen LogP contribution in [0.1, 0.15) is 11.1 Å². The molecule has 4 heteroatoms. The molecule has 1 heterocycles. The van der Waals surface area contributed by atoms with Crippen LogP contribution in [0.5, 0.6) is 0 Å². The summed E-state index contributed by atoms with van der Waals surface area (Å²) < 4.78 is 2.47. The van der Waals surface area contributed by atoms with Gasteiger partial charge in [0.2, 0.25) is 0 Å². The SMILES string of the molecule is Cc1ccc(I)c2sc(-c3ccc(C#N)cc3)nc12. The zero-order valence-electron chi connectivity index (χ0n) is 10.1. The first-order chi connectivity index (χ1) is 9.19. The lowest BCUT2D eigenvalue weighted by atomic mass is 10.1. The van der Waals surface area contributed by atoms with E-state index in [1.807, 2.05) is 24.3 Å². The van der Waals surface area contributed by atoms with E-state index in [0.717, 1.165) is 16.1 Å². The monoisotopic (exact) mass is 376 g/mol. The summed E-state index contributed by atoms with van der Waals surface area (Å²) in [6, 6.07) is 13.9. The van der Waals surface area contributed by atoms with E-state index >= 15 is 0 Å². The highest BCUT2D eigenvalue weighted by Crippen LogP contribution is 2.34. The fourth-order valence-electron chi connectivity index (χ4n) is 1.91. The van der Waals surface area contributed by atoms with E-state index in [1.54, 1.807) is 11.3 Å². The summed E-state index contributed by atoms with van der Waals surface area (Å²) in [5.74, 6) is 0. The maximum absolute atomic E-state index is 8.82. The molecule has 0 aliphatic heterocycles. The Hall–Kier alpha value is -1.45. The molecule has 0 bridgehead atoms. The Morgan fingerprint density at radius 2 is 1.89 bits per heavy atom. The third kappa shape index (κ3) is 2.24. The second kappa shape index (κ2) is 4.91. The van der Waals surface area contributed by atoms with Crippen LogP contribution >= 0.6 is 33.9 Å². The topological polar surface area (TPSA) is 36.7 Å². The van der Waals surface area contributed by atoms with Crippen molar-refractivity contribution in [3.63, 3.8) is 0 Å². The van der Waals surface area contributed by atoms with Gasteiger partial charge >= 0.3 is 0 Å². The van der Waals surface area contributed by atoms with Crippen LogP contribution in [0.3, 0.4) is 0 Å². The van der Waals surface area contributed by atoms with Crippen LogP contribution < -0.4 is 0 Å². The number of benzene rings is 2. The van der Waals surface area contributed by atoms with Gasteiger partial charge in [-0.2, -0.15) is 5.26 Å². The van der Waals surface area contributed by atoms with E-state index in [9.17, 15) is 0 Å². The van der Waals surface area contributed by atoms with Crippen LogP contribution in [0, 0.1) is 21.8 Å². The largest absolute Gasteiger partial charge is 0.236 e. The number of thiazole rings is 1. The number of fused-ring (bicyclic) bond motifs is 1. The quantitative estimate of drug-likeness (QED) is 0.575. The van der Waals surface area contributed by atoms with E-state index in [2.05, 4.69) is 47.7 Å². The number of hydrogen-bond acceptors (Lipinski definition) is 3. The van der Waals surface area contributed by atoms with Gasteiger partial charge < -0.3 is 0 Å². The molecule has 1 aromatic heterocycles. The van der Waals surface area contributed by atoms with Crippen molar-refractivity contribution < 1.29 is 0 Å². The van der Waals surface area contributed by atoms with Crippen LogP contribution in [0.15, 0.2) is 36.4 Å². The summed E-state index contributed by atoms with van der Waals surface area (Å²) in [7, 11) is 0. The van der Waals surface area contributed by atoms with Gasteiger partial charge in [0.25, 0.3) is 0 Å². The molecule has 0 fully saturated rings. The van der Waals surface area contributed by atoms with E-state index in [4.69, 9.17) is 10.2 Å². The maximum Gasteiger partial charge on any atom is 0.124 e. The Balaban J connectivity index is 2.18. The zero-order chi connectivity index (χ0) is 13.4. The maximum atomic E-state index is 8.82. The molecule has 2 aromatic carbocycles. The first kappa shape index (κ1) is 12.6. The van der Waals surface area contributed by atoms with Crippen molar-refractivity contribution in [2.45, 2.75) is 6.92 Å². The average molecular weight is 376 g/mol. The van der Waals surface area contributed by atoms with Gasteiger partial charge in [-0.3, -0.25) is 0 Å². The molecule has 0 unspecified atom stereocenters. The smallest absolute Gasteiger partial charge is 0.124 e. The second-order valence-electron chi connectivity index (χ2n) is 4.25. The highest BCUT2D eigenvalue weighted by Gasteiger charge is 2.10. The second-order valence-corrected chi connectivity index (χ2v) is 6.41. The summed E-state index contributed by atoms with van der Waals surface area (Å²) >= 11 is 4.05. The molecule has 0 aliphatic carbocycles. The molecule has 0 saturated heterocycles. The Bertz CT molecular complexity index is 758. The van der Waals surface area contributed by atoms with Gasteiger partial charge in [-0.1, -0.05) is 18.2 Å². The van der Waals surface area contributed by atoms with Crippen molar-refractivity contribution in [3.8, 4) is 16.6 Å². The first-order valence-electron chi connectivity index (χ1n) is 5.75. The van der Waals surface area contributed by atoms with Crippen LogP contribution in [-0.4, -0.2) is 4.98 Å². The van der Waals surface area contributed by atoms with Crippen molar-refractivity contribution in [3.05, 3.63) is 51.1 Å². The van der Waals surface area contributed by atoms with Crippen molar-refractivity contribution >= 4 is 44.1 Å². The third-order valence-corrected chi connectivity index (χ3v) is 5.36. The molecular formula is C15H9IN2S. The zero-order valence-corrected chi connectivity index (χ0v) is 13.1. The van der Waals surface area contributed by atoms with Crippen molar-refractivity contribution in [1.29, 1.82) is 5.26 Å². The van der Waals surface area contributed by atoms with Gasteiger partial charge in [0.05, 0.1) is 21.8 Å². The number of nitrogens with zero attached hydrogens (tertiary/aromatic N) is 2. The molecule has 0 amide bonds. The molecule has 3 aromatic rings. The normalized spacial score (nSPS) is 10.6. The van der Waals surface area contributed by atoms with Gasteiger partial charge in [0.1, 0.15) is 5.01 Å². The predicted octanol–water partition coefficient (Wildman–Crippen LogP) is 4.75. The summed E-state index contributed by atoms with van der Waals surface area (Å²) in [6.07, 6.45) is 0. The molecule has 0 N–H and O–H groups in total. The van der Waals surface area contributed by atoms with Gasteiger partial charge in [-0.25, -0.2) is 4.98 Å². The molecule has 92 valence electrons. The predicted molar refractivity (Wildman–Crippen MR) is 87.2 cm³/mol. The Labute approximate surface area is 128 Å². The molecule has 0 spiro atoms. The summed E-state index contributed by atoms with van der Waals surface area (Å²) in [6.45, 7) is 2.08. The number of hydrogen-bond donors (Lipinski definition) is 0. The number of halogens is 1. The molecule has 0 atom stereocenters. The summed E-state index contributed by atoms with van der Waals surface area (Å²) in [5, 5.41) is 9.83. The minimum atomic E-state index is 0.677. The molecule has 3 rings (SSSR count). The number of aromatic nitrogens is 1. The van der Waals surface area contributed by atoms with Gasteiger partial charge in [0, 0.05) is 9.13 Å². The highest BCUT2D eigenvalue weighted by atomic mass is 127. The van der Waals surface area contributed by atoms with Crippen molar-refractivity contribution in [2.24, 2.45) is 0 Å². The first-order valence-corrected chi connectivity index (χ1v) is 7.65. The molecular weight excluding hydrogens is 367 g/mol. The number of nitriles is 1. The lowest BCUT2D eigenvalue weighted by Crippen LogP contribution is -1.80. The lowest BCUT2D eigenvalue weighted by molar-refractivity contribution is 1.41.